The second kappa shape index (κ2) is 14.4. The number of Topliss-reactive ketones (excluding diaryl/α,β-unsaturated/α-hetero) is 1. The van der Waals surface area contributed by atoms with Crippen molar-refractivity contribution in [1.29, 1.82) is 0 Å². The molecule has 11 heteroatoms. The molecule has 0 spiro atoms. The van der Waals surface area contributed by atoms with Gasteiger partial charge in [-0.15, -0.1) is 0 Å². The van der Waals surface area contributed by atoms with Gasteiger partial charge in [0, 0.05) is 49.3 Å². The number of allylic oxidation sites excluding steroid dienone is 1. The molecule has 7 atom stereocenters. The first-order valence-corrected chi connectivity index (χ1v) is 20.0. The Hall–Kier alpha value is -3.73. The van der Waals surface area contributed by atoms with E-state index in [2.05, 4.69) is 20.7 Å². The standard InChI is InChI=1S/C40H46ClN3O6S/c1-25-8-7-18-40(49-3,22-36(45)34-11-4-5-19-42-34)33-16-12-29(33)23-44-24-30-10-6-9-27-20-31(41)14-15-32(27)38(30)50-37-17-13-28(21-35(37)44)39(46)43-51(47,48)26(25)2/h4-5,7,11,13-15,17-21,25-26,29-30,33,38H,6,8-10,12,16,22-24H2,1-3H3,(H,43,46)/b18-7+/t25-,26+,29-,30+,33+,38?,40+/m0/s1. The average Bonchev–Trinajstić information content (AvgIpc) is 3.36. The summed E-state index contributed by atoms with van der Waals surface area (Å²) < 4.78 is 42.7. The molecule has 1 unspecified atom stereocenters. The molecule has 7 rings (SSSR count). The highest BCUT2D eigenvalue weighted by atomic mass is 35.5. The summed E-state index contributed by atoms with van der Waals surface area (Å²) in [6.07, 6.45) is 10.6. The van der Waals surface area contributed by atoms with Gasteiger partial charge in [-0.1, -0.05) is 42.8 Å². The number of pyridine rings is 1. The number of nitrogens with zero attached hydrogens (tertiary/aromatic N) is 2. The van der Waals surface area contributed by atoms with Crippen LogP contribution in [0.1, 0.15) is 90.4 Å². The highest BCUT2D eigenvalue weighted by molar-refractivity contribution is 7.90. The van der Waals surface area contributed by atoms with E-state index in [9.17, 15) is 18.0 Å². The van der Waals surface area contributed by atoms with Crippen molar-refractivity contribution < 1.29 is 27.5 Å². The van der Waals surface area contributed by atoms with Crippen LogP contribution in [0, 0.1) is 23.7 Å². The van der Waals surface area contributed by atoms with Gasteiger partial charge in [-0.05, 0) is 117 Å². The topological polar surface area (TPSA) is 115 Å². The third-order valence-corrected chi connectivity index (χ3v) is 14.0. The van der Waals surface area contributed by atoms with E-state index in [0.29, 0.717) is 36.0 Å². The first-order valence-electron chi connectivity index (χ1n) is 18.0. The molecule has 2 bridgehead atoms. The molecule has 0 radical (unpaired) electrons. The zero-order valence-electron chi connectivity index (χ0n) is 29.4. The van der Waals surface area contributed by atoms with Crippen LogP contribution < -0.4 is 14.4 Å². The predicted molar refractivity (Wildman–Crippen MR) is 198 cm³/mol. The van der Waals surface area contributed by atoms with E-state index < -0.39 is 26.8 Å². The lowest BCUT2D eigenvalue weighted by molar-refractivity contribution is -0.0742. The number of fused-ring (bicyclic) bond motifs is 5. The zero-order valence-corrected chi connectivity index (χ0v) is 31.0. The van der Waals surface area contributed by atoms with Crippen molar-refractivity contribution in [2.24, 2.45) is 23.7 Å². The number of halogens is 1. The first kappa shape index (κ1) is 35.7. The van der Waals surface area contributed by atoms with E-state index in [-0.39, 0.29) is 47.5 Å². The zero-order chi connectivity index (χ0) is 35.9. The maximum atomic E-state index is 13.8. The number of hydrogen-bond donors (Lipinski definition) is 1. The Balaban J connectivity index is 1.31. The summed E-state index contributed by atoms with van der Waals surface area (Å²) in [5.41, 5.74) is 2.80. The van der Waals surface area contributed by atoms with Gasteiger partial charge in [-0.3, -0.25) is 14.6 Å². The Kier molecular flexibility index (Phi) is 10.0. The Morgan fingerprint density at radius 1 is 1.08 bits per heavy atom. The minimum atomic E-state index is -4.02. The fraction of sp³-hybridized carbons (Fsp3) is 0.475. The van der Waals surface area contributed by atoms with Gasteiger partial charge in [0.05, 0.1) is 16.5 Å². The maximum Gasteiger partial charge on any atom is 0.264 e. The summed E-state index contributed by atoms with van der Waals surface area (Å²) in [5.74, 6) is -0.0948. The van der Waals surface area contributed by atoms with E-state index in [1.165, 1.54) is 5.56 Å². The van der Waals surface area contributed by atoms with Gasteiger partial charge in [0.15, 0.2) is 5.78 Å². The Labute approximate surface area is 305 Å². The van der Waals surface area contributed by atoms with Gasteiger partial charge in [0.25, 0.3) is 5.91 Å². The van der Waals surface area contributed by atoms with Crippen molar-refractivity contribution in [1.82, 2.24) is 9.71 Å². The molecule has 4 aliphatic rings. The number of carbonyl (C=O) groups excluding carboxylic acids is 2. The molecule has 9 nitrogen and oxygen atoms in total. The van der Waals surface area contributed by atoms with Crippen molar-refractivity contribution in [2.75, 3.05) is 25.1 Å². The van der Waals surface area contributed by atoms with Gasteiger partial charge in [0.2, 0.25) is 10.0 Å². The summed E-state index contributed by atoms with van der Waals surface area (Å²) in [6, 6.07) is 16.6. The number of rotatable bonds is 4. The molecule has 1 saturated carbocycles. The molecular weight excluding hydrogens is 686 g/mol. The molecule has 1 fully saturated rings. The van der Waals surface area contributed by atoms with E-state index in [1.54, 1.807) is 50.6 Å². The molecule has 3 aromatic rings. The number of ether oxygens (including phenoxy) is 2. The van der Waals surface area contributed by atoms with Crippen LogP contribution in [-0.4, -0.2) is 56.1 Å². The molecule has 1 aromatic heterocycles. The van der Waals surface area contributed by atoms with Crippen molar-refractivity contribution in [3.63, 3.8) is 0 Å². The van der Waals surface area contributed by atoms with E-state index >= 15 is 0 Å². The molecule has 3 heterocycles. The van der Waals surface area contributed by atoms with Crippen LogP contribution in [0.4, 0.5) is 5.69 Å². The largest absolute Gasteiger partial charge is 0.483 e. The third-order valence-electron chi connectivity index (χ3n) is 11.8. The molecule has 1 N–H and O–H groups in total. The maximum absolute atomic E-state index is 13.8. The second-order valence-electron chi connectivity index (χ2n) is 14.8. The van der Waals surface area contributed by atoms with Crippen molar-refractivity contribution in [2.45, 2.75) is 75.7 Å². The van der Waals surface area contributed by atoms with Crippen LogP contribution in [0.2, 0.25) is 5.02 Å². The van der Waals surface area contributed by atoms with Gasteiger partial charge in [-0.2, -0.15) is 0 Å². The number of anilines is 1. The molecule has 2 aliphatic carbocycles. The van der Waals surface area contributed by atoms with Crippen LogP contribution in [0.5, 0.6) is 5.75 Å². The van der Waals surface area contributed by atoms with Crippen LogP contribution >= 0.6 is 11.6 Å². The van der Waals surface area contributed by atoms with Crippen LogP contribution in [0.3, 0.4) is 0 Å². The summed E-state index contributed by atoms with van der Waals surface area (Å²) in [7, 11) is -2.35. The van der Waals surface area contributed by atoms with Crippen molar-refractivity contribution in [3.05, 3.63) is 100 Å². The fourth-order valence-corrected chi connectivity index (χ4v) is 10.0. The van der Waals surface area contributed by atoms with Gasteiger partial charge < -0.3 is 14.4 Å². The molecular formula is C40H46ClN3O6S. The molecule has 51 heavy (non-hydrogen) atoms. The summed E-state index contributed by atoms with van der Waals surface area (Å²) in [6.45, 7) is 4.82. The predicted octanol–water partition coefficient (Wildman–Crippen LogP) is 7.36. The van der Waals surface area contributed by atoms with Crippen LogP contribution in [0.25, 0.3) is 0 Å². The Morgan fingerprint density at radius 2 is 1.90 bits per heavy atom. The number of methoxy groups -OCH3 is 1. The third kappa shape index (κ3) is 7.07. The van der Waals surface area contributed by atoms with E-state index in [4.69, 9.17) is 21.1 Å². The summed E-state index contributed by atoms with van der Waals surface area (Å²) in [4.78, 5) is 34.0. The van der Waals surface area contributed by atoms with Gasteiger partial charge >= 0.3 is 0 Å². The summed E-state index contributed by atoms with van der Waals surface area (Å²) >= 11 is 6.43. The lowest BCUT2D eigenvalue weighted by Gasteiger charge is -2.49. The van der Waals surface area contributed by atoms with Crippen LogP contribution in [-0.2, 0) is 21.2 Å². The molecule has 2 aliphatic heterocycles. The van der Waals surface area contributed by atoms with Crippen molar-refractivity contribution in [3.8, 4) is 5.75 Å². The number of hydrogen-bond acceptors (Lipinski definition) is 8. The minimum absolute atomic E-state index is 0.0164. The highest BCUT2D eigenvalue weighted by Crippen LogP contribution is 2.50. The number of aryl methyl sites for hydroxylation is 1. The van der Waals surface area contributed by atoms with Crippen LogP contribution in [0.15, 0.2) is 72.9 Å². The molecule has 0 saturated heterocycles. The smallest absolute Gasteiger partial charge is 0.264 e. The Bertz CT molecular complexity index is 1940. The number of amides is 1. The second-order valence-corrected chi connectivity index (χ2v) is 17.3. The van der Waals surface area contributed by atoms with Crippen molar-refractivity contribution >= 4 is 39.0 Å². The van der Waals surface area contributed by atoms with E-state index in [0.717, 1.165) is 43.4 Å². The quantitative estimate of drug-likeness (QED) is 0.219. The number of aromatic nitrogens is 1. The monoisotopic (exact) mass is 731 g/mol. The normalized spacial score (nSPS) is 30.8. The number of carbonyl (C=O) groups is 2. The number of sulfonamides is 1. The fourth-order valence-electron chi connectivity index (χ4n) is 8.52. The summed E-state index contributed by atoms with van der Waals surface area (Å²) in [5, 5.41) is -0.154. The number of ketones is 1. The number of nitrogens with one attached hydrogen (secondary N) is 1. The first-order chi connectivity index (χ1) is 24.5. The van der Waals surface area contributed by atoms with E-state index in [1.807, 2.05) is 37.3 Å². The molecule has 1 amide bonds. The lowest BCUT2D eigenvalue weighted by Crippen LogP contribution is -2.52. The Morgan fingerprint density at radius 3 is 2.65 bits per heavy atom. The molecule has 2 aromatic carbocycles. The lowest BCUT2D eigenvalue weighted by atomic mass is 9.62. The minimum Gasteiger partial charge on any atom is -0.483 e. The average molecular weight is 732 g/mol. The van der Waals surface area contributed by atoms with Gasteiger partial charge in [0.1, 0.15) is 17.5 Å². The number of benzene rings is 2. The van der Waals surface area contributed by atoms with Gasteiger partial charge in [-0.25, -0.2) is 13.1 Å². The highest BCUT2D eigenvalue weighted by Gasteiger charge is 2.49. The molecule has 270 valence electrons. The SMILES string of the molecule is CO[C@@]1(CC(=O)c2ccccn2)/C=C/C[C@H](C)[C@@H](C)S(=O)(=O)NC(=O)c2ccc3c(c2)N(C[C@H]2CCCc4cc(Cl)ccc4C2O3)C[C@@H]2CC[C@H]21.